The normalized spacial score (nSPS) is 11.8. The molecule has 5 nitrogen and oxygen atoms in total. The number of carbonyl (C=O) groups is 1. The predicted octanol–water partition coefficient (Wildman–Crippen LogP) is 4.14. The summed E-state index contributed by atoms with van der Waals surface area (Å²) in [6.07, 6.45) is 1.63. The van der Waals surface area contributed by atoms with Crippen LogP contribution < -0.4 is 5.32 Å². The standard InChI is InChI=1S/C23H19FN4O/c1-28-15-25-22(27-28)18-7-9-19(10-8-18)23(29)26-21(16-5-3-2-4-6-16)17-11-13-20(24)14-12-17/h2-15,21H,1H3,(H,26,29). The molecule has 0 aliphatic rings. The molecule has 0 saturated heterocycles. The van der Waals surface area contributed by atoms with E-state index in [9.17, 15) is 9.18 Å². The molecule has 1 atom stereocenters. The molecule has 1 unspecified atom stereocenters. The molecule has 4 rings (SSSR count). The van der Waals surface area contributed by atoms with Gasteiger partial charge in [0.05, 0.1) is 6.04 Å². The number of nitrogens with zero attached hydrogens (tertiary/aromatic N) is 3. The largest absolute Gasteiger partial charge is 0.341 e. The van der Waals surface area contributed by atoms with E-state index in [0.29, 0.717) is 11.4 Å². The number of amides is 1. The molecule has 0 aliphatic carbocycles. The van der Waals surface area contributed by atoms with Crippen LogP contribution in [0.5, 0.6) is 0 Å². The molecule has 0 bridgehead atoms. The Balaban J connectivity index is 1.58. The molecule has 0 spiro atoms. The summed E-state index contributed by atoms with van der Waals surface area (Å²) in [5.41, 5.74) is 3.08. The summed E-state index contributed by atoms with van der Waals surface area (Å²) in [4.78, 5) is 17.1. The van der Waals surface area contributed by atoms with Crippen LogP contribution >= 0.6 is 0 Å². The molecule has 0 fully saturated rings. The Bertz CT molecular complexity index is 1110. The molecular formula is C23H19FN4O. The van der Waals surface area contributed by atoms with E-state index in [1.807, 2.05) is 42.5 Å². The number of hydrogen-bond donors (Lipinski definition) is 1. The molecule has 1 aromatic heterocycles. The van der Waals surface area contributed by atoms with Gasteiger partial charge in [-0.3, -0.25) is 9.48 Å². The summed E-state index contributed by atoms with van der Waals surface area (Å²) in [5, 5.41) is 7.32. The van der Waals surface area contributed by atoms with Gasteiger partial charge in [0.15, 0.2) is 5.82 Å². The summed E-state index contributed by atoms with van der Waals surface area (Å²) < 4.78 is 15.0. The van der Waals surface area contributed by atoms with Crippen molar-refractivity contribution >= 4 is 5.91 Å². The van der Waals surface area contributed by atoms with Crippen LogP contribution in [0, 0.1) is 5.82 Å². The van der Waals surface area contributed by atoms with Gasteiger partial charge in [0.25, 0.3) is 5.91 Å². The van der Waals surface area contributed by atoms with E-state index in [1.165, 1.54) is 12.1 Å². The first-order valence-corrected chi connectivity index (χ1v) is 9.17. The first kappa shape index (κ1) is 18.6. The van der Waals surface area contributed by atoms with Crippen molar-refractivity contribution < 1.29 is 9.18 Å². The van der Waals surface area contributed by atoms with Crippen LogP contribution in [0.2, 0.25) is 0 Å². The molecule has 0 saturated carbocycles. The number of hydrogen-bond acceptors (Lipinski definition) is 3. The Labute approximate surface area is 167 Å². The Kier molecular flexibility index (Phi) is 5.16. The lowest BCUT2D eigenvalue weighted by atomic mass is 9.98. The minimum Gasteiger partial charge on any atom is -0.341 e. The van der Waals surface area contributed by atoms with Crippen molar-refractivity contribution in [3.8, 4) is 11.4 Å². The molecule has 0 radical (unpaired) electrons. The van der Waals surface area contributed by atoms with E-state index in [1.54, 1.807) is 42.3 Å². The maximum absolute atomic E-state index is 13.4. The van der Waals surface area contributed by atoms with E-state index in [2.05, 4.69) is 15.4 Å². The summed E-state index contributed by atoms with van der Waals surface area (Å²) in [6, 6.07) is 22.5. The second-order valence-corrected chi connectivity index (χ2v) is 6.69. The van der Waals surface area contributed by atoms with Crippen LogP contribution in [-0.2, 0) is 7.05 Å². The molecule has 144 valence electrons. The van der Waals surface area contributed by atoms with Gasteiger partial charge in [0.1, 0.15) is 12.1 Å². The molecule has 6 heteroatoms. The third kappa shape index (κ3) is 4.21. The van der Waals surface area contributed by atoms with Gasteiger partial charge in [0, 0.05) is 18.2 Å². The second kappa shape index (κ2) is 8.06. The summed E-state index contributed by atoms with van der Waals surface area (Å²) >= 11 is 0. The number of aryl methyl sites for hydroxylation is 1. The van der Waals surface area contributed by atoms with Gasteiger partial charge in [-0.15, -0.1) is 0 Å². The van der Waals surface area contributed by atoms with Crippen molar-refractivity contribution in [1.29, 1.82) is 0 Å². The summed E-state index contributed by atoms with van der Waals surface area (Å²) in [7, 11) is 1.80. The van der Waals surface area contributed by atoms with Crippen molar-refractivity contribution in [2.24, 2.45) is 7.05 Å². The van der Waals surface area contributed by atoms with Gasteiger partial charge < -0.3 is 5.32 Å². The van der Waals surface area contributed by atoms with E-state index in [4.69, 9.17) is 0 Å². The molecule has 1 heterocycles. The second-order valence-electron chi connectivity index (χ2n) is 6.69. The Morgan fingerprint density at radius 2 is 1.59 bits per heavy atom. The average molecular weight is 386 g/mol. The van der Waals surface area contributed by atoms with Gasteiger partial charge in [-0.05, 0) is 35.4 Å². The van der Waals surface area contributed by atoms with E-state index < -0.39 is 0 Å². The minimum absolute atomic E-state index is 0.219. The predicted molar refractivity (Wildman–Crippen MR) is 109 cm³/mol. The monoisotopic (exact) mass is 386 g/mol. The lowest BCUT2D eigenvalue weighted by Crippen LogP contribution is -2.29. The third-order valence-electron chi connectivity index (χ3n) is 4.62. The number of aromatic nitrogens is 3. The summed E-state index contributed by atoms with van der Waals surface area (Å²) in [6.45, 7) is 0. The van der Waals surface area contributed by atoms with Gasteiger partial charge in [-0.1, -0.05) is 54.6 Å². The summed E-state index contributed by atoms with van der Waals surface area (Å²) in [5.74, 6) is 0.0715. The van der Waals surface area contributed by atoms with Gasteiger partial charge in [-0.25, -0.2) is 9.37 Å². The number of benzene rings is 3. The SMILES string of the molecule is Cn1cnc(-c2ccc(C(=O)NC(c3ccccc3)c3ccc(F)cc3)cc2)n1. The van der Waals surface area contributed by atoms with Gasteiger partial charge in [-0.2, -0.15) is 5.10 Å². The first-order valence-electron chi connectivity index (χ1n) is 9.17. The van der Waals surface area contributed by atoms with Crippen LogP contribution in [0.4, 0.5) is 4.39 Å². The number of nitrogens with one attached hydrogen (secondary N) is 1. The highest BCUT2D eigenvalue weighted by Crippen LogP contribution is 2.23. The van der Waals surface area contributed by atoms with Crippen LogP contribution in [0.15, 0.2) is 85.2 Å². The van der Waals surface area contributed by atoms with E-state index in [-0.39, 0.29) is 17.8 Å². The molecule has 1 amide bonds. The highest BCUT2D eigenvalue weighted by Gasteiger charge is 2.18. The van der Waals surface area contributed by atoms with Crippen molar-refractivity contribution in [2.45, 2.75) is 6.04 Å². The van der Waals surface area contributed by atoms with E-state index in [0.717, 1.165) is 16.7 Å². The molecule has 3 aromatic carbocycles. The average Bonchev–Trinajstić information content (AvgIpc) is 3.20. The Hall–Kier alpha value is -3.80. The fourth-order valence-electron chi connectivity index (χ4n) is 3.12. The maximum atomic E-state index is 13.4. The molecule has 0 aliphatic heterocycles. The van der Waals surface area contributed by atoms with Crippen molar-refractivity contribution in [3.63, 3.8) is 0 Å². The van der Waals surface area contributed by atoms with Crippen molar-refractivity contribution in [2.75, 3.05) is 0 Å². The number of rotatable bonds is 5. The van der Waals surface area contributed by atoms with Crippen LogP contribution in [0.1, 0.15) is 27.5 Å². The molecule has 4 aromatic rings. The lowest BCUT2D eigenvalue weighted by molar-refractivity contribution is 0.0943. The minimum atomic E-state index is -0.388. The molecular weight excluding hydrogens is 367 g/mol. The highest BCUT2D eigenvalue weighted by molar-refractivity contribution is 5.95. The van der Waals surface area contributed by atoms with E-state index >= 15 is 0 Å². The maximum Gasteiger partial charge on any atom is 0.252 e. The zero-order valence-corrected chi connectivity index (χ0v) is 15.8. The fourth-order valence-corrected chi connectivity index (χ4v) is 3.12. The van der Waals surface area contributed by atoms with Crippen molar-refractivity contribution in [1.82, 2.24) is 20.1 Å². The smallest absolute Gasteiger partial charge is 0.252 e. The number of halogens is 1. The topological polar surface area (TPSA) is 59.8 Å². The van der Waals surface area contributed by atoms with Crippen LogP contribution in [0.25, 0.3) is 11.4 Å². The van der Waals surface area contributed by atoms with Gasteiger partial charge >= 0.3 is 0 Å². The lowest BCUT2D eigenvalue weighted by Gasteiger charge is -2.20. The number of carbonyl (C=O) groups excluding carboxylic acids is 1. The Morgan fingerprint density at radius 3 is 2.21 bits per heavy atom. The van der Waals surface area contributed by atoms with Crippen LogP contribution in [0.3, 0.4) is 0 Å². The quantitative estimate of drug-likeness (QED) is 0.561. The highest BCUT2D eigenvalue weighted by atomic mass is 19.1. The zero-order chi connectivity index (χ0) is 20.2. The fraction of sp³-hybridized carbons (Fsp3) is 0.0870. The Morgan fingerprint density at radius 1 is 0.931 bits per heavy atom. The van der Waals surface area contributed by atoms with Crippen molar-refractivity contribution in [3.05, 3.63) is 108 Å². The first-order chi connectivity index (χ1) is 14.1. The molecule has 29 heavy (non-hydrogen) atoms. The third-order valence-corrected chi connectivity index (χ3v) is 4.62. The zero-order valence-electron chi connectivity index (χ0n) is 15.8. The molecule has 1 N–H and O–H groups in total. The van der Waals surface area contributed by atoms with Gasteiger partial charge in [0.2, 0.25) is 0 Å². The van der Waals surface area contributed by atoms with Crippen LogP contribution in [-0.4, -0.2) is 20.7 Å².